The minimum atomic E-state index is -3.73. The van der Waals surface area contributed by atoms with Gasteiger partial charge in [-0.25, -0.2) is 8.42 Å². The highest BCUT2D eigenvalue weighted by atomic mass is 32.2. The number of fused-ring (bicyclic) bond motifs is 1. The molecule has 8 heteroatoms. The van der Waals surface area contributed by atoms with E-state index in [4.69, 9.17) is 0 Å². The van der Waals surface area contributed by atoms with Crippen LogP contribution in [0.2, 0.25) is 0 Å². The molecule has 0 saturated carbocycles. The van der Waals surface area contributed by atoms with Crippen molar-refractivity contribution >= 4 is 33.2 Å². The lowest BCUT2D eigenvalue weighted by molar-refractivity contribution is -0.121. The van der Waals surface area contributed by atoms with E-state index in [9.17, 15) is 18.0 Å². The Morgan fingerprint density at radius 2 is 1.79 bits per heavy atom. The molecule has 1 saturated heterocycles. The van der Waals surface area contributed by atoms with E-state index in [1.807, 2.05) is 32.0 Å². The lowest BCUT2D eigenvalue weighted by atomic mass is 9.98. The second-order valence-electron chi connectivity index (χ2n) is 9.06. The van der Waals surface area contributed by atoms with E-state index in [2.05, 4.69) is 5.32 Å². The molecule has 1 N–H and O–H groups in total. The van der Waals surface area contributed by atoms with Gasteiger partial charge in [-0.15, -0.1) is 0 Å². The van der Waals surface area contributed by atoms with Gasteiger partial charge < -0.3 is 10.2 Å². The highest BCUT2D eigenvalue weighted by Crippen LogP contribution is 2.32. The molecule has 0 radical (unpaired) electrons. The number of aryl methyl sites for hydroxylation is 3. The molecule has 4 rings (SSSR count). The number of amides is 2. The van der Waals surface area contributed by atoms with E-state index in [1.54, 1.807) is 23.1 Å². The van der Waals surface area contributed by atoms with Crippen LogP contribution in [0.1, 0.15) is 42.9 Å². The third kappa shape index (κ3) is 4.82. The van der Waals surface area contributed by atoms with Crippen LogP contribution in [0.3, 0.4) is 0 Å². The third-order valence-corrected chi connectivity index (χ3v) is 8.58. The molecular weight excluding hydrogens is 438 g/mol. The Labute approximate surface area is 195 Å². The van der Waals surface area contributed by atoms with Crippen molar-refractivity contribution in [3.8, 4) is 0 Å². The van der Waals surface area contributed by atoms with Crippen molar-refractivity contribution in [2.24, 2.45) is 5.92 Å². The molecule has 2 aliphatic rings. The number of nitrogens with one attached hydrogen (secondary N) is 1. The number of hydrogen-bond acceptors (Lipinski definition) is 4. The van der Waals surface area contributed by atoms with E-state index < -0.39 is 15.9 Å². The Bertz CT molecular complexity index is 1190. The Hall–Kier alpha value is -2.71. The molecule has 2 aromatic carbocycles. The Balaban J connectivity index is 1.51. The van der Waals surface area contributed by atoms with E-state index in [0.717, 1.165) is 40.9 Å². The van der Waals surface area contributed by atoms with Crippen LogP contribution in [0.4, 0.5) is 11.4 Å². The maximum Gasteiger partial charge on any atom is 0.243 e. The average molecular weight is 470 g/mol. The summed E-state index contributed by atoms with van der Waals surface area (Å²) in [5.74, 6) is -0.595. The van der Waals surface area contributed by atoms with Crippen molar-refractivity contribution < 1.29 is 18.0 Å². The first-order chi connectivity index (χ1) is 15.7. The summed E-state index contributed by atoms with van der Waals surface area (Å²) >= 11 is 0. The van der Waals surface area contributed by atoms with Crippen LogP contribution >= 0.6 is 0 Å². The molecule has 2 aliphatic heterocycles. The minimum Gasteiger partial charge on any atom is -0.326 e. The third-order valence-electron chi connectivity index (χ3n) is 6.72. The zero-order valence-electron chi connectivity index (χ0n) is 19.4. The molecule has 1 fully saturated rings. The van der Waals surface area contributed by atoms with Gasteiger partial charge in [0, 0.05) is 37.9 Å². The van der Waals surface area contributed by atoms with Gasteiger partial charge in [-0.1, -0.05) is 6.07 Å². The first-order valence-corrected chi connectivity index (χ1v) is 12.9. The lowest BCUT2D eigenvalue weighted by Crippen LogP contribution is -2.43. The summed E-state index contributed by atoms with van der Waals surface area (Å²) in [6, 6.07) is 10.8. The maximum absolute atomic E-state index is 13.4. The summed E-state index contributed by atoms with van der Waals surface area (Å²) in [6.07, 6.45) is 2.83. The maximum atomic E-state index is 13.4. The summed E-state index contributed by atoms with van der Waals surface area (Å²) < 4.78 is 28.2. The van der Waals surface area contributed by atoms with Crippen molar-refractivity contribution in [3.05, 3.63) is 53.1 Å². The predicted octanol–water partition coefficient (Wildman–Crippen LogP) is 3.64. The highest BCUT2D eigenvalue weighted by Gasteiger charge is 2.34. The molecule has 0 unspecified atom stereocenters. The van der Waals surface area contributed by atoms with Crippen molar-refractivity contribution in [3.63, 3.8) is 0 Å². The topological polar surface area (TPSA) is 86.8 Å². The zero-order valence-corrected chi connectivity index (χ0v) is 20.2. The van der Waals surface area contributed by atoms with Gasteiger partial charge >= 0.3 is 0 Å². The predicted molar refractivity (Wildman–Crippen MR) is 129 cm³/mol. The number of benzene rings is 2. The molecule has 33 heavy (non-hydrogen) atoms. The summed E-state index contributed by atoms with van der Waals surface area (Å²) in [6.45, 7) is 6.74. The number of rotatable bonds is 4. The van der Waals surface area contributed by atoms with Gasteiger partial charge in [0.05, 0.1) is 10.8 Å². The smallest absolute Gasteiger partial charge is 0.243 e. The molecule has 0 bridgehead atoms. The van der Waals surface area contributed by atoms with Crippen molar-refractivity contribution in [2.45, 2.75) is 51.3 Å². The first-order valence-electron chi connectivity index (χ1n) is 11.5. The van der Waals surface area contributed by atoms with Crippen LogP contribution in [0, 0.1) is 19.8 Å². The molecule has 0 aromatic heterocycles. The minimum absolute atomic E-state index is 0.0415. The fraction of sp³-hybridized carbons (Fsp3) is 0.440. The molecular formula is C25H31N3O4S. The van der Waals surface area contributed by atoms with Crippen LogP contribution in [0.5, 0.6) is 0 Å². The molecule has 1 atom stereocenters. The largest absolute Gasteiger partial charge is 0.326 e. The number of sulfonamides is 1. The number of nitrogens with zero attached hydrogens (tertiary/aromatic N) is 2. The summed E-state index contributed by atoms with van der Waals surface area (Å²) in [5.41, 5.74) is 4.64. The fourth-order valence-electron chi connectivity index (χ4n) is 4.65. The fourth-order valence-corrected chi connectivity index (χ4v) is 6.22. The monoisotopic (exact) mass is 469 g/mol. The summed E-state index contributed by atoms with van der Waals surface area (Å²) in [5, 5.41) is 2.95. The van der Waals surface area contributed by atoms with Gasteiger partial charge in [-0.2, -0.15) is 4.31 Å². The second-order valence-corrected chi connectivity index (χ2v) is 11.0. The summed E-state index contributed by atoms with van der Waals surface area (Å²) in [4.78, 5) is 26.7. The van der Waals surface area contributed by atoms with Gasteiger partial charge in [0.2, 0.25) is 21.8 Å². The molecule has 7 nitrogen and oxygen atoms in total. The SMILES string of the molecule is CC(=O)N1CCCc2cc(S(=O)(=O)N3CCC[C@H](C(=O)Nc4ccc(C)c(C)c4)C3)ccc21. The van der Waals surface area contributed by atoms with Gasteiger partial charge in [0.1, 0.15) is 0 Å². The van der Waals surface area contributed by atoms with Gasteiger partial charge in [-0.3, -0.25) is 9.59 Å². The number of anilines is 2. The number of piperidine rings is 1. The Morgan fingerprint density at radius 3 is 2.52 bits per heavy atom. The van der Waals surface area contributed by atoms with Gasteiger partial charge in [0.25, 0.3) is 0 Å². The normalized spacial score (nSPS) is 19.1. The van der Waals surface area contributed by atoms with E-state index in [-0.39, 0.29) is 23.3 Å². The molecule has 2 heterocycles. The van der Waals surface area contributed by atoms with Crippen LogP contribution in [0.25, 0.3) is 0 Å². The van der Waals surface area contributed by atoms with E-state index in [0.29, 0.717) is 25.9 Å². The number of hydrogen-bond donors (Lipinski definition) is 1. The van der Waals surface area contributed by atoms with Crippen molar-refractivity contribution in [2.75, 3.05) is 29.9 Å². The van der Waals surface area contributed by atoms with Crippen LogP contribution in [-0.4, -0.2) is 44.2 Å². The lowest BCUT2D eigenvalue weighted by Gasteiger charge is -2.32. The number of carbonyl (C=O) groups is 2. The van der Waals surface area contributed by atoms with E-state index >= 15 is 0 Å². The molecule has 2 amide bonds. The standard InChI is InChI=1S/C25H31N3O4S/c1-17-8-9-22(14-18(17)2)26-25(30)21-7-4-12-27(16-21)33(31,32)23-10-11-24-20(15-23)6-5-13-28(24)19(3)29/h8-11,14-15,21H,4-7,12-13,16H2,1-3H3,(H,26,30)/t21-/m0/s1. The van der Waals surface area contributed by atoms with Crippen LogP contribution in [-0.2, 0) is 26.0 Å². The average Bonchev–Trinajstić information content (AvgIpc) is 2.80. The first kappa shape index (κ1) is 23.4. The molecule has 2 aromatic rings. The summed E-state index contributed by atoms with van der Waals surface area (Å²) in [7, 11) is -3.73. The zero-order chi connectivity index (χ0) is 23.8. The van der Waals surface area contributed by atoms with Crippen molar-refractivity contribution in [1.82, 2.24) is 4.31 Å². The van der Waals surface area contributed by atoms with E-state index in [1.165, 1.54) is 11.2 Å². The van der Waals surface area contributed by atoms with Gasteiger partial charge in [-0.05, 0) is 86.6 Å². The van der Waals surface area contributed by atoms with Crippen LogP contribution < -0.4 is 10.2 Å². The quantitative estimate of drug-likeness (QED) is 0.741. The van der Waals surface area contributed by atoms with Gasteiger partial charge in [0.15, 0.2) is 0 Å². The Kier molecular flexibility index (Phi) is 6.59. The Morgan fingerprint density at radius 1 is 1.00 bits per heavy atom. The molecule has 0 aliphatic carbocycles. The number of carbonyl (C=O) groups excluding carboxylic acids is 2. The second kappa shape index (κ2) is 9.27. The van der Waals surface area contributed by atoms with Crippen LogP contribution in [0.15, 0.2) is 41.3 Å². The highest BCUT2D eigenvalue weighted by molar-refractivity contribution is 7.89. The molecule has 176 valence electrons. The molecule has 0 spiro atoms. The van der Waals surface area contributed by atoms with Crippen molar-refractivity contribution in [1.29, 1.82) is 0 Å².